The maximum absolute atomic E-state index is 12.2. The summed E-state index contributed by atoms with van der Waals surface area (Å²) in [6.07, 6.45) is -0.199. The minimum atomic E-state index is -2.88. The van der Waals surface area contributed by atoms with Crippen molar-refractivity contribution < 1.29 is 23.0 Å². The second-order valence-electron chi connectivity index (χ2n) is 4.54. The van der Waals surface area contributed by atoms with Gasteiger partial charge in [-0.2, -0.15) is 8.78 Å². The smallest absolute Gasteiger partial charge is 0.387 e. The lowest BCUT2D eigenvalue weighted by molar-refractivity contribution is -0.124. The average Bonchev–Trinajstić information content (AvgIpc) is 2.44. The molecule has 0 spiro atoms. The zero-order valence-electron chi connectivity index (χ0n) is 12.4. The van der Waals surface area contributed by atoms with Gasteiger partial charge in [-0.15, -0.1) is 12.4 Å². The first-order chi connectivity index (χ1) is 9.96. The van der Waals surface area contributed by atoms with E-state index in [4.69, 9.17) is 10.5 Å². The maximum atomic E-state index is 12.2. The molecule has 126 valence electrons. The largest absolute Gasteiger partial charge is 0.435 e. The minimum absolute atomic E-state index is 0. The lowest BCUT2D eigenvalue weighted by atomic mass is 10.1. The summed E-state index contributed by atoms with van der Waals surface area (Å²) < 4.78 is 33.7. The Kier molecular flexibility index (Phi) is 9.64. The number of halogens is 3. The number of carbonyl (C=O) groups is 1. The molecule has 5 nitrogen and oxygen atoms in total. The third-order valence-corrected chi connectivity index (χ3v) is 2.97. The molecule has 3 N–H and O–H groups in total. The summed E-state index contributed by atoms with van der Waals surface area (Å²) in [7, 11) is 1.49. The van der Waals surface area contributed by atoms with Crippen molar-refractivity contribution in [3.63, 3.8) is 0 Å². The van der Waals surface area contributed by atoms with Gasteiger partial charge in [0.05, 0.1) is 18.6 Å². The van der Waals surface area contributed by atoms with Crippen molar-refractivity contribution in [3.05, 3.63) is 29.8 Å². The van der Waals surface area contributed by atoms with Crippen LogP contribution in [0.25, 0.3) is 0 Å². The van der Waals surface area contributed by atoms with E-state index in [1.54, 1.807) is 19.1 Å². The van der Waals surface area contributed by atoms with E-state index in [1.165, 1.54) is 19.2 Å². The Bertz CT molecular complexity index is 459. The third-order valence-electron chi connectivity index (χ3n) is 2.97. The molecule has 0 saturated carbocycles. The lowest BCUT2D eigenvalue weighted by Gasteiger charge is -2.18. The van der Waals surface area contributed by atoms with Crippen LogP contribution < -0.4 is 15.8 Å². The van der Waals surface area contributed by atoms with Gasteiger partial charge in [-0.3, -0.25) is 4.79 Å². The number of amides is 1. The van der Waals surface area contributed by atoms with Crippen molar-refractivity contribution in [1.29, 1.82) is 0 Å². The molecule has 0 aliphatic heterocycles. The normalized spacial score (nSPS) is 13.2. The van der Waals surface area contributed by atoms with E-state index in [1.807, 2.05) is 0 Å². The van der Waals surface area contributed by atoms with Gasteiger partial charge >= 0.3 is 6.61 Å². The topological polar surface area (TPSA) is 73.6 Å². The number of rotatable bonds is 8. The van der Waals surface area contributed by atoms with E-state index in [9.17, 15) is 13.6 Å². The Morgan fingerprint density at radius 2 is 2.09 bits per heavy atom. The van der Waals surface area contributed by atoms with Gasteiger partial charge in [0.25, 0.3) is 0 Å². The van der Waals surface area contributed by atoms with Gasteiger partial charge in [-0.1, -0.05) is 12.1 Å². The predicted molar refractivity (Wildman–Crippen MR) is 81.3 cm³/mol. The molecule has 0 radical (unpaired) electrons. The van der Waals surface area contributed by atoms with Crippen LogP contribution in [0.5, 0.6) is 5.75 Å². The summed E-state index contributed by atoms with van der Waals surface area (Å²) in [6, 6.07) is 5.87. The van der Waals surface area contributed by atoms with E-state index in [0.29, 0.717) is 5.56 Å². The molecule has 0 fully saturated rings. The zero-order valence-corrected chi connectivity index (χ0v) is 13.2. The number of alkyl halides is 2. The zero-order chi connectivity index (χ0) is 15.8. The maximum Gasteiger partial charge on any atom is 0.387 e. The van der Waals surface area contributed by atoms with E-state index in [2.05, 4.69) is 10.1 Å². The van der Waals surface area contributed by atoms with Crippen molar-refractivity contribution >= 4 is 18.3 Å². The highest BCUT2D eigenvalue weighted by Gasteiger charge is 2.15. The summed E-state index contributed by atoms with van der Waals surface area (Å²) in [5, 5.41) is 2.76. The van der Waals surface area contributed by atoms with E-state index in [-0.39, 0.29) is 49.2 Å². The SMILES string of the molecule is COC(CN)CC(=O)NC(C)c1cccc(OC(F)F)c1.Cl. The van der Waals surface area contributed by atoms with Gasteiger partial charge in [-0.05, 0) is 24.6 Å². The van der Waals surface area contributed by atoms with Crippen molar-refractivity contribution in [2.24, 2.45) is 5.73 Å². The predicted octanol–water partition coefficient (Wildman–Crippen LogP) is 2.25. The van der Waals surface area contributed by atoms with E-state index in [0.717, 1.165) is 0 Å². The van der Waals surface area contributed by atoms with Crippen molar-refractivity contribution in [1.82, 2.24) is 5.32 Å². The van der Waals surface area contributed by atoms with E-state index >= 15 is 0 Å². The molecule has 8 heteroatoms. The lowest BCUT2D eigenvalue weighted by Crippen LogP contribution is -2.33. The molecule has 0 aromatic heterocycles. The number of methoxy groups -OCH3 is 1. The highest BCUT2D eigenvalue weighted by Crippen LogP contribution is 2.20. The number of carbonyl (C=O) groups excluding carboxylic acids is 1. The van der Waals surface area contributed by atoms with Gasteiger partial charge in [-0.25, -0.2) is 0 Å². The quantitative estimate of drug-likeness (QED) is 0.762. The van der Waals surface area contributed by atoms with Crippen molar-refractivity contribution in [3.8, 4) is 5.75 Å². The van der Waals surface area contributed by atoms with Crippen LogP contribution in [0.15, 0.2) is 24.3 Å². The highest BCUT2D eigenvalue weighted by atomic mass is 35.5. The first kappa shape index (κ1) is 20.6. The average molecular weight is 339 g/mol. The number of benzene rings is 1. The first-order valence-corrected chi connectivity index (χ1v) is 6.53. The number of hydrogen-bond donors (Lipinski definition) is 2. The number of nitrogens with two attached hydrogens (primary N) is 1. The Labute approximate surface area is 134 Å². The minimum Gasteiger partial charge on any atom is -0.435 e. The summed E-state index contributed by atoms with van der Waals surface area (Å²) in [5.41, 5.74) is 6.12. The molecule has 1 rings (SSSR count). The molecule has 2 atom stereocenters. The Hall–Kier alpha value is -1.44. The van der Waals surface area contributed by atoms with Crippen LogP contribution in [-0.2, 0) is 9.53 Å². The summed E-state index contributed by atoms with van der Waals surface area (Å²) in [4.78, 5) is 11.8. The fourth-order valence-corrected chi connectivity index (χ4v) is 1.81. The van der Waals surface area contributed by atoms with Gasteiger partial charge in [0.15, 0.2) is 0 Å². The number of ether oxygens (including phenoxy) is 2. The molecule has 2 unspecified atom stereocenters. The van der Waals surface area contributed by atoms with Crippen LogP contribution in [0.4, 0.5) is 8.78 Å². The number of hydrogen-bond acceptors (Lipinski definition) is 4. The first-order valence-electron chi connectivity index (χ1n) is 6.53. The van der Waals surface area contributed by atoms with Gasteiger partial charge in [0.1, 0.15) is 5.75 Å². The summed E-state index contributed by atoms with van der Waals surface area (Å²) in [5.74, 6) is -0.166. The molecule has 1 aromatic rings. The van der Waals surface area contributed by atoms with Crippen LogP contribution in [-0.4, -0.2) is 32.3 Å². The molecule has 0 saturated heterocycles. The molecule has 0 aliphatic rings. The molecule has 22 heavy (non-hydrogen) atoms. The van der Waals surface area contributed by atoms with Crippen LogP contribution in [0.3, 0.4) is 0 Å². The second-order valence-corrected chi connectivity index (χ2v) is 4.54. The van der Waals surface area contributed by atoms with Crippen LogP contribution in [0.2, 0.25) is 0 Å². The Morgan fingerprint density at radius 1 is 1.41 bits per heavy atom. The second kappa shape index (κ2) is 10.3. The monoisotopic (exact) mass is 338 g/mol. The highest BCUT2D eigenvalue weighted by molar-refractivity contribution is 5.85. The van der Waals surface area contributed by atoms with Crippen molar-refractivity contribution in [2.75, 3.05) is 13.7 Å². The number of nitrogens with one attached hydrogen (secondary N) is 1. The van der Waals surface area contributed by atoms with Crippen LogP contribution >= 0.6 is 12.4 Å². The Balaban J connectivity index is 0.00000441. The van der Waals surface area contributed by atoms with Crippen molar-refractivity contribution in [2.45, 2.75) is 32.1 Å². The molecule has 0 bridgehead atoms. The molecule has 0 aliphatic carbocycles. The molecular formula is C14H21ClF2N2O3. The summed E-state index contributed by atoms with van der Waals surface area (Å²) >= 11 is 0. The molecular weight excluding hydrogens is 318 g/mol. The molecule has 0 heterocycles. The fourth-order valence-electron chi connectivity index (χ4n) is 1.81. The van der Waals surface area contributed by atoms with Gasteiger partial charge < -0.3 is 20.5 Å². The Morgan fingerprint density at radius 3 is 2.64 bits per heavy atom. The van der Waals surface area contributed by atoms with E-state index < -0.39 is 6.61 Å². The summed E-state index contributed by atoms with van der Waals surface area (Å²) in [6.45, 7) is -0.878. The van der Waals surface area contributed by atoms with Gasteiger partial charge in [0, 0.05) is 13.7 Å². The van der Waals surface area contributed by atoms with Gasteiger partial charge in [0.2, 0.25) is 5.91 Å². The molecule has 1 amide bonds. The molecule has 1 aromatic carbocycles. The third kappa shape index (κ3) is 7.02. The standard InChI is InChI=1S/C14H20F2N2O3.ClH/c1-9(18-13(19)7-12(8-17)20-2)10-4-3-5-11(6-10)21-14(15)16;/h3-6,9,12,14H,7-8,17H2,1-2H3,(H,18,19);1H. The van der Waals surface area contributed by atoms with Crippen LogP contribution in [0.1, 0.15) is 24.9 Å². The van der Waals surface area contributed by atoms with Crippen LogP contribution in [0, 0.1) is 0 Å². The fraction of sp³-hybridized carbons (Fsp3) is 0.500.